The molecule has 0 spiro atoms. The summed E-state index contributed by atoms with van der Waals surface area (Å²) in [5, 5.41) is 1.67. The molecule has 4 nitrogen and oxygen atoms in total. The van der Waals surface area contributed by atoms with Gasteiger partial charge in [-0.3, -0.25) is 4.79 Å². The van der Waals surface area contributed by atoms with Gasteiger partial charge in [0.2, 0.25) is 0 Å². The van der Waals surface area contributed by atoms with E-state index < -0.39 is 24.8 Å². The number of alkyl halides is 4. The van der Waals surface area contributed by atoms with Crippen LogP contribution in [0.5, 0.6) is 0 Å². The summed E-state index contributed by atoms with van der Waals surface area (Å²) in [5.74, 6) is -5.23. The maximum absolute atomic E-state index is 12.5. The highest BCUT2D eigenvalue weighted by Crippen LogP contribution is 2.21. The molecule has 0 aromatic carbocycles. The molecule has 1 rings (SSSR count). The fourth-order valence-electron chi connectivity index (χ4n) is 0.905. The Kier molecular flexibility index (Phi) is 5.83. The van der Waals surface area contributed by atoms with Crippen LogP contribution in [0.25, 0.3) is 0 Å². The lowest BCUT2D eigenvalue weighted by molar-refractivity contribution is -0.123. The molecule has 18 heavy (non-hydrogen) atoms. The number of halogens is 5. The second kappa shape index (κ2) is 6.39. The van der Waals surface area contributed by atoms with Crippen molar-refractivity contribution in [3.8, 4) is 0 Å². The molecule has 1 aromatic heterocycles. The summed E-state index contributed by atoms with van der Waals surface area (Å²) >= 11 is 0. The molecule has 0 saturated carbocycles. The Morgan fingerprint density at radius 1 is 1.44 bits per heavy atom. The largest absolute Gasteiger partial charge is 0.397 e. The van der Waals surface area contributed by atoms with Gasteiger partial charge in [-0.25, -0.2) is 13.8 Å². The number of anilines is 1. The van der Waals surface area contributed by atoms with Crippen molar-refractivity contribution in [3.05, 3.63) is 24.0 Å². The van der Waals surface area contributed by atoms with E-state index in [-0.39, 0.29) is 18.1 Å². The normalized spacial score (nSPS) is 10.9. The van der Waals surface area contributed by atoms with Gasteiger partial charge in [0.1, 0.15) is 5.69 Å². The number of amides is 1. The summed E-state index contributed by atoms with van der Waals surface area (Å²) in [6.45, 7) is -1.45. The molecule has 1 aromatic rings. The van der Waals surface area contributed by atoms with E-state index in [2.05, 4.69) is 4.98 Å². The van der Waals surface area contributed by atoms with Gasteiger partial charge in [-0.15, -0.1) is 12.4 Å². The number of nitrogen functional groups attached to an aromatic ring is 1. The van der Waals surface area contributed by atoms with Crippen LogP contribution >= 0.6 is 12.4 Å². The number of nitrogens with one attached hydrogen (secondary N) is 1. The summed E-state index contributed by atoms with van der Waals surface area (Å²) in [7, 11) is 0. The molecule has 0 atom stereocenters. The zero-order valence-electron chi connectivity index (χ0n) is 8.87. The topological polar surface area (TPSA) is 68.0 Å². The van der Waals surface area contributed by atoms with E-state index in [0.717, 1.165) is 6.20 Å². The second-order valence-corrected chi connectivity index (χ2v) is 3.22. The van der Waals surface area contributed by atoms with Crippen LogP contribution in [0.1, 0.15) is 10.5 Å². The third kappa shape index (κ3) is 4.36. The third-order valence-electron chi connectivity index (χ3n) is 1.82. The molecule has 0 bridgehead atoms. The first kappa shape index (κ1) is 16.4. The minimum absolute atomic E-state index is 0. The van der Waals surface area contributed by atoms with Crippen LogP contribution in [0.2, 0.25) is 0 Å². The minimum Gasteiger partial charge on any atom is -0.397 e. The zero-order valence-corrected chi connectivity index (χ0v) is 9.69. The van der Waals surface area contributed by atoms with Crippen molar-refractivity contribution in [2.24, 2.45) is 0 Å². The van der Waals surface area contributed by atoms with Crippen LogP contribution in [0.15, 0.2) is 18.3 Å². The molecule has 0 unspecified atom stereocenters. The summed E-state index contributed by atoms with van der Waals surface area (Å²) in [5.41, 5.74) is 5.41. The van der Waals surface area contributed by atoms with E-state index in [0.29, 0.717) is 5.69 Å². The zero-order chi connectivity index (χ0) is 13.1. The number of hydrogen-bond donors (Lipinski definition) is 2. The number of nitrogens with zero attached hydrogens (tertiary/aromatic N) is 1. The number of carbonyl (C=O) groups excluding carboxylic acids is 1. The standard InChI is InChI=1S/C9H9F4N3O.ClH/c10-8(11)9(12,13)4-16-7(17)6-2-1-5(14)3-15-6;/h1-3,8H,4,14H2,(H,16,17);1H. The fourth-order valence-corrected chi connectivity index (χ4v) is 0.905. The summed E-state index contributed by atoms with van der Waals surface area (Å²) in [6.07, 6.45) is -2.68. The third-order valence-corrected chi connectivity index (χ3v) is 1.82. The van der Waals surface area contributed by atoms with E-state index >= 15 is 0 Å². The average Bonchev–Trinajstić information content (AvgIpc) is 2.27. The Balaban J connectivity index is 0.00000289. The molecular formula is C9H10ClF4N3O. The first-order chi connectivity index (χ1) is 7.83. The van der Waals surface area contributed by atoms with Crippen LogP contribution in [-0.2, 0) is 0 Å². The Hall–Kier alpha value is -1.57. The molecule has 0 aliphatic rings. The maximum Gasteiger partial charge on any atom is 0.324 e. The number of rotatable bonds is 4. The second-order valence-electron chi connectivity index (χ2n) is 3.22. The van der Waals surface area contributed by atoms with Crippen LogP contribution in [0.3, 0.4) is 0 Å². The van der Waals surface area contributed by atoms with Gasteiger partial charge in [0.05, 0.1) is 18.4 Å². The van der Waals surface area contributed by atoms with Gasteiger partial charge in [0, 0.05) is 0 Å². The lowest BCUT2D eigenvalue weighted by atomic mass is 10.3. The Morgan fingerprint density at radius 3 is 2.50 bits per heavy atom. The first-order valence-electron chi connectivity index (χ1n) is 4.48. The highest BCUT2D eigenvalue weighted by Gasteiger charge is 2.40. The lowest BCUT2D eigenvalue weighted by Gasteiger charge is -2.15. The number of pyridine rings is 1. The molecule has 1 amide bonds. The molecule has 1 heterocycles. The van der Waals surface area contributed by atoms with Crippen LogP contribution in [-0.4, -0.2) is 29.8 Å². The van der Waals surface area contributed by atoms with Crippen molar-refractivity contribution in [2.75, 3.05) is 12.3 Å². The molecule has 9 heteroatoms. The molecule has 0 saturated heterocycles. The Bertz CT molecular complexity index is 399. The number of hydrogen-bond acceptors (Lipinski definition) is 3. The molecule has 3 N–H and O–H groups in total. The summed E-state index contributed by atoms with van der Waals surface area (Å²) in [4.78, 5) is 14.8. The van der Waals surface area contributed by atoms with Crippen molar-refractivity contribution >= 4 is 24.0 Å². The Labute approximate surface area is 106 Å². The SMILES string of the molecule is Cl.Nc1ccc(C(=O)NCC(F)(F)C(F)F)nc1. The van der Waals surface area contributed by atoms with E-state index in [1.807, 2.05) is 0 Å². The van der Waals surface area contributed by atoms with Crippen molar-refractivity contribution in [2.45, 2.75) is 12.3 Å². The number of carbonyl (C=O) groups is 1. The van der Waals surface area contributed by atoms with Gasteiger partial charge in [-0.2, -0.15) is 8.78 Å². The number of aromatic nitrogens is 1. The van der Waals surface area contributed by atoms with Gasteiger partial charge in [0.15, 0.2) is 0 Å². The van der Waals surface area contributed by atoms with Crippen LogP contribution in [0, 0.1) is 0 Å². The van der Waals surface area contributed by atoms with Crippen molar-refractivity contribution in [1.82, 2.24) is 10.3 Å². The van der Waals surface area contributed by atoms with Crippen LogP contribution in [0.4, 0.5) is 23.2 Å². The van der Waals surface area contributed by atoms with Gasteiger partial charge in [0.25, 0.3) is 5.91 Å². The monoisotopic (exact) mass is 287 g/mol. The maximum atomic E-state index is 12.5. The van der Waals surface area contributed by atoms with Crippen molar-refractivity contribution < 1.29 is 22.4 Å². The van der Waals surface area contributed by atoms with E-state index in [9.17, 15) is 22.4 Å². The van der Waals surface area contributed by atoms with Gasteiger partial charge >= 0.3 is 12.3 Å². The predicted octanol–water partition coefficient (Wildman–Crippen LogP) is 1.72. The van der Waals surface area contributed by atoms with Gasteiger partial charge in [-0.1, -0.05) is 0 Å². The molecule has 0 radical (unpaired) electrons. The number of nitrogens with two attached hydrogens (primary N) is 1. The molecular weight excluding hydrogens is 278 g/mol. The molecule has 0 aliphatic carbocycles. The quantitative estimate of drug-likeness (QED) is 0.829. The van der Waals surface area contributed by atoms with E-state index in [1.165, 1.54) is 12.1 Å². The van der Waals surface area contributed by atoms with Gasteiger partial charge in [-0.05, 0) is 12.1 Å². The lowest BCUT2D eigenvalue weighted by Crippen LogP contribution is -2.41. The average molecular weight is 288 g/mol. The van der Waals surface area contributed by atoms with Crippen molar-refractivity contribution in [1.29, 1.82) is 0 Å². The molecule has 0 fully saturated rings. The Morgan fingerprint density at radius 2 is 2.06 bits per heavy atom. The van der Waals surface area contributed by atoms with E-state index in [1.54, 1.807) is 5.32 Å². The van der Waals surface area contributed by atoms with Crippen LogP contribution < -0.4 is 11.1 Å². The highest BCUT2D eigenvalue weighted by molar-refractivity contribution is 5.92. The molecule has 0 aliphatic heterocycles. The summed E-state index contributed by atoms with van der Waals surface area (Å²) < 4.78 is 48.5. The highest BCUT2D eigenvalue weighted by atomic mass is 35.5. The van der Waals surface area contributed by atoms with E-state index in [4.69, 9.17) is 5.73 Å². The molecule has 102 valence electrons. The predicted molar refractivity (Wildman–Crippen MR) is 59.2 cm³/mol. The van der Waals surface area contributed by atoms with Crippen molar-refractivity contribution in [3.63, 3.8) is 0 Å². The first-order valence-corrected chi connectivity index (χ1v) is 4.48. The smallest absolute Gasteiger partial charge is 0.324 e. The fraction of sp³-hybridized carbons (Fsp3) is 0.333. The summed E-state index contributed by atoms with van der Waals surface area (Å²) in [6, 6.07) is 2.54. The van der Waals surface area contributed by atoms with Gasteiger partial charge < -0.3 is 11.1 Å². The minimum atomic E-state index is -4.26.